The molecule has 0 amide bonds. The van der Waals surface area contributed by atoms with Crippen molar-refractivity contribution in [2.24, 2.45) is 0 Å². The molecule has 0 heterocycles. The van der Waals surface area contributed by atoms with Crippen molar-refractivity contribution in [2.45, 2.75) is 17.1 Å². The Morgan fingerprint density at radius 1 is 1.15 bits per heavy atom. The summed E-state index contributed by atoms with van der Waals surface area (Å²) in [5.41, 5.74) is 1.81. The molecule has 0 saturated heterocycles. The van der Waals surface area contributed by atoms with E-state index in [0.29, 0.717) is 16.0 Å². The lowest BCUT2D eigenvalue weighted by atomic mass is 9.99. The normalized spacial score (nSPS) is 12.2. The quantitative estimate of drug-likeness (QED) is 0.432. The molecule has 1 unspecified atom stereocenters. The third-order valence-electron chi connectivity index (χ3n) is 2.98. The summed E-state index contributed by atoms with van der Waals surface area (Å²) in [6.45, 7) is 1.91. The van der Waals surface area contributed by atoms with Gasteiger partial charge in [-0.3, -0.25) is 0 Å². The molecule has 0 aliphatic carbocycles. The number of para-hydroxylation sites is 1. The molecule has 0 bridgehead atoms. The van der Waals surface area contributed by atoms with Gasteiger partial charge in [0.2, 0.25) is 0 Å². The maximum absolute atomic E-state index is 10.1. The standard InChI is InChI=1S/C14H14O3S3/c1-7(18)9-5-10(11(15)6-13(9)19)8-3-2-4-12(17-20)14(8)16/h2-7,15-16,18-20H,1H3. The van der Waals surface area contributed by atoms with Crippen LogP contribution in [-0.4, -0.2) is 10.2 Å². The second kappa shape index (κ2) is 6.11. The molecular formula is C14H14O3S3. The lowest BCUT2D eigenvalue weighted by Gasteiger charge is -2.14. The van der Waals surface area contributed by atoms with Gasteiger partial charge < -0.3 is 14.4 Å². The van der Waals surface area contributed by atoms with Crippen molar-refractivity contribution in [3.63, 3.8) is 0 Å². The van der Waals surface area contributed by atoms with Gasteiger partial charge in [-0.1, -0.05) is 12.1 Å². The first kappa shape index (κ1) is 15.3. The summed E-state index contributed by atoms with van der Waals surface area (Å²) in [6, 6.07) is 8.27. The number of phenols is 2. The number of thiol groups is 3. The second-order valence-corrected chi connectivity index (χ2v) is 5.79. The average molecular weight is 326 g/mol. The maximum Gasteiger partial charge on any atom is 0.179 e. The average Bonchev–Trinajstić information content (AvgIpc) is 2.39. The fourth-order valence-electron chi connectivity index (χ4n) is 1.96. The summed E-state index contributed by atoms with van der Waals surface area (Å²) in [4.78, 5) is 0.648. The largest absolute Gasteiger partial charge is 0.507 e. The van der Waals surface area contributed by atoms with Crippen LogP contribution >= 0.6 is 38.2 Å². The van der Waals surface area contributed by atoms with Gasteiger partial charge in [0.25, 0.3) is 0 Å². The highest BCUT2D eigenvalue weighted by atomic mass is 32.1. The van der Waals surface area contributed by atoms with Gasteiger partial charge in [0.15, 0.2) is 11.5 Å². The molecule has 6 heteroatoms. The molecule has 0 spiro atoms. The minimum absolute atomic E-state index is 0.0272. The molecule has 0 aliphatic heterocycles. The third kappa shape index (κ3) is 2.82. The Hall–Kier alpha value is -1.11. The predicted octanol–water partition coefficient (Wildman–Crippen LogP) is 4.27. The van der Waals surface area contributed by atoms with Crippen molar-refractivity contribution in [2.75, 3.05) is 0 Å². The Morgan fingerprint density at radius 2 is 1.85 bits per heavy atom. The monoisotopic (exact) mass is 326 g/mol. The maximum atomic E-state index is 10.1. The second-order valence-electron chi connectivity index (χ2n) is 4.35. The van der Waals surface area contributed by atoms with E-state index >= 15 is 0 Å². The molecule has 2 rings (SSSR count). The number of aromatic hydroxyl groups is 2. The van der Waals surface area contributed by atoms with Gasteiger partial charge in [-0.15, -0.1) is 12.6 Å². The van der Waals surface area contributed by atoms with E-state index in [1.54, 1.807) is 24.3 Å². The van der Waals surface area contributed by atoms with Crippen LogP contribution in [0.15, 0.2) is 35.2 Å². The minimum atomic E-state index is -0.0810. The number of rotatable bonds is 3. The van der Waals surface area contributed by atoms with Crippen molar-refractivity contribution < 1.29 is 14.4 Å². The molecule has 2 N–H and O–H groups in total. The van der Waals surface area contributed by atoms with E-state index in [2.05, 4.69) is 38.2 Å². The van der Waals surface area contributed by atoms with Crippen LogP contribution in [0, 0.1) is 0 Å². The molecule has 1 atom stereocenters. The zero-order chi connectivity index (χ0) is 14.9. The van der Waals surface area contributed by atoms with E-state index in [4.69, 9.17) is 4.18 Å². The van der Waals surface area contributed by atoms with Gasteiger partial charge in [0.1, 0.15) is 5.75 Å². The fraction of sp³-hybridized carbons (Fsp3) is 0.143. The summed E-state index contributed by atoms with van der Waals surface area (Å²) in [6.07, 6.45) is 0. The molecule has 0 aromatic heterocycles. The van der Waals surface area contributed by atoms with E-state index in [-0.39, 0.29) is 22.5 Å². The van der Waals surface area contributed by atoms with Crippen LogP contribution in [0.3, 0.4) is 0 Å². The number of hydrogen-bond donors (Lipinski definition) is 5. The summed E-state index contributed by atoms with van der Waals surface area (Å²) in [5.74, 6) is 0.169. The van der Waals surface area contributed by atoms with Crippen molar-refractivity contribution in [3.05, 3.63) is 35.9 Å². The molecule has 20 heavy (non-hydrogen) atoms. The molecule has 3 nitrogen and oxygen atoms in total. The first-order valence-corrected chi connectivity index (χ1v) is 7.16. The third-order valence-corrected chi connectivity index (χ3v) is 3.84. The molecule has 0 saturated carbocycles. The number of benzene rings is 2. The van der Waals surface area contributed by atoms with Gasteiger partial charge in [0.05, 0.1) is 0 Å². The van der Waals surface area contributed by atoms with Crippen molar-refractivity contribution >= 4 is 38.2 Å². The summed E-state index contributed by atoms with van der Waals surface area (Å²) >= 11 is 12.4. The van der Waals surface area contributed by atoms with Crippen molar-refractivity contribution in [3.8, 4) is 28.4 Å². The number of phenolic OH excluding ortho intramolecular Hbond substituents is 2. The Balaban J connectivity index is 2.67. The van der Waals surface area contributed by atoms with Crippen LogP contribution < -0.4 is 4.18 Å². The molecular weight excluding hydrogens is 312 g/mol. The molecule has 0 fully saturated rings. The van der Waals surface area contributed by atoms with Crippen LogP contribution in [0.2, 0.25) is 0 Å². The Labute approximate surface area is 134 Å². The predicted molar refractivity (Wildman–Crippen MR) is 89.5 cm³/mol. The molecule has 106 valence electrons. The highest BCUT2D eigenvalue weighted by molar-refractivity contribution is 7.81. The first-order chi connectivity index (χ1) is 9.45. The van der Waals surface area contributed by atoms with Gasteiger partial charge in [0, 0.05) is 34.2 Å². The van der Waals surface area contributed by atoms with Crippen LogP contribution in [0.4, 0.5) is 0 Å². The van der Waals surface area contributed by atoms with Crippen LogP contribution in [-0.2, 0) is 0 Å². The fourth-order valence-corrected chi connectivity index (χ4v) is 2.80. The van der Waals surface area contributed by atoms with E-state index < -0.39 is 0 Å². The molecule has 0 radical (unpaired) electrons. The number of hydrogen-bond acceptors (Lipinski definition) is 6. The highest BCUT2D eigenvalue weighted by Crippen LogP contribution is 2.43. The minimum Gasteiger partial charge on any atom is -0.507 e. The SMILES string of the molecule is CC(S)c1cc(-c2cccc(OS)c2O)c(O)cc1S. The van der Waals surface area contributed by atoms with E-state index in [1.807, 2.05) is 6.92 Å². The summed E-state index contributed by atoms with van der Waals surface area (Å²) in [7, 11) is 0. The van der Waals surface area contributed by atoms with Crippen LogP contribution in [0.5, 0.6) is 17.2 Å². The molecule has 2 aromatic carbocycles. The van der Waals surface area contributed by atoms with E-state index in [9.17, 15) is 10.2 Å². The van der Waals surface area contributed by atoms with E-state index in [0.717, 1.165) is 5.56 Å². The van der Waals surface area contributed by atoms with Gasteiger partial charge in [-0.2, -0.15) is 12.6 Å². The Kier molecular flexibility index (Phi) is 4.67. The topological polar surface area (TPSA) is 49.7 Å². The summed E-state index contributed by atoms with van der Waals surface area (Å²) in [5, 5.41) is 20.2. The van der Waals surface area contributed by atoms with E-state index in [1.165, 1.54) is 6.07 Å². The van der Waals surface area contributed by atoms with Crippen LogP contribution in [0.1, 0.15) is 17.7 Å². The van der Waals surface area contributed by atoms with Gasteiger partial charge in [-0.25, -0.2) is 0 Å². The lowest BCUT2D eigenvalue weighted by Crippen LogP contribution is -1.91. The first-order valence-electron chi connectivity index (χ1n) is 5.83. The smallest absolute Gasteiger partial charge is 0.179 e. The van der Waals surface area contributed by atoms with Crippen LogP contribution in [0.25, 0.3) is 11.1 Å². The zero-order valence-corrected chi connectivity index (χ0v) is 13.3. The molecule has 2 aromatic rings. The van der Waals surface area contributed by atoms with Crippen molar-refractivity contribution in [1.82, 2.24) is 0 Å². The Morgan fingerprint density at radius 3 is 2.45 bits per heavy atom. The molecule has 0 aliphatic rings. The lowest BCUT2D eigenvalue weighted by molar-refractivity contribution is 0.451. The van der Waals surface area contributed by atoms with Gasteiger partial charge in [-0.05, 0) is 30.7 Å². The zero-order valence-electron chi connectivity index (χ0n) is 10.6. The summed E-state index contributed by atoms with van der Waals surface area (Å²) < 4.78 is 4.78. The Bertz CT molecular complexity index is 642. The van der Waals surface area contributed by atoms with Crippen molar-refractivity contribution in [1.29, 1.82) is 0 Å². The highest BCUT2D eigenvalue weighted by Gasteiger charge is 2.16. The van der Waals surface area contributed by atoms with Gasteiger partial charge >= 0.3 is 0 Å².